The molecule has 0 spiro atoms. The van der Waals surface area contributed by atoms with E-state index in [4.69, 9.17) is 0 Å². The molecule has 5 aromatic carbocycles. The van der Waals surface area contributed by atoms with Crippen molar-refractivity contribution in [2.45, 2.75) is 0 Å². The highest BCUT2D eigenvalue weighted by Crippen LogP contribution is 2.29. The van der Waals surface area contributed by atoms with Gasteiger partial charge in [-0.3, -0.25) is 0 Å². The van der Waals surface area contributed by atoms with Crippen LogP contribution >= 0.6 is 0 Å². The number of carboxylic acid groups (broad SMARTS) is 2. The number of hydrogen-bond donors (Lipinski definition) is 4. The molecule has 0 saturated heterocycles. The Kier molecular flexibility index (Phi) is 11.0. The minimum atomic E-state index is -1.29. The van der Waals surface area contributed by atoms with Crippen LogP contribution in [-0.4, -0.2) is 22.2 Å². The van der Waals surface area contributed by atoms with Crippen LogP contribution in [0.15, 0.2) is 158 Å². The van der Waals surface area contributed by atoms with E-state index in [0.29, 0.717) is 11.1 Å². The largest absolute Gasteiger partial charge is 0.478 e. The lowest BCUT2D eigenvalue weighted by Crippen LogP contribution is -2.10. The van der Waals surface area contributed by atoms with Gasteiger partial charge in [0.05, 0.1) is 11.1 Å². The average Bonchev–Trinajstić information content (AvgIpc) is 3.05. The summed E-state index contributed by atoms with van der Waals surface area (Å²) in [6.07, 6.45) is 5.75. The Labute approximate surface area is 257 Å². The number of rotatable bonds is 10. The first kappa shape index (κ1) is 30.8. The van der Waals surface area contributed by atoms with E-state index >= 15 is 0 Å². The first-order valence-electron chi connectivity index (χ1n) is 13.8. The summed E-state index contributed by atoms with van der Waals surface area (Å²) in [6.45, 7) is 3.68. The Bertz CT molecular complexity index is 1750. The zero-order valence-corrected chi connectivity index (χ0v) is 23.9. The zero-order chi connectivity index (χ0) is 31.1. The number of aliphatic carboxylic acids is 2. The lowest BCUT2D eigenvalue weighted by atomic mass is 9.94. The second-order valence-corrected chi connectivity index (χ2v) is 9.47. The van der Waals surface area contributed by atoms with Crippen LogP contribution < -0.4 is 10.6 Å². The van der Waals surface area contributed by atoms with E-state index in [0.717, 1.165) is 28.3 Å². The third-order valence-electron chi connectivity index (χ3n) is 6.40. The van der Waals surface area contributed by atoms with Crippen LogP contribution in [0.1, 0.15) is 16.7 Å². The monoisotopic (exact) mass is 580 g/mol. The predicted molar refractivity (Wildman–Crippen MR) is 180 cm³/mol. The molecule has 0 amide bonds. The average molecular weight is 581 g/mol. The van der Waals surface area contributed by atoms with Gasteiger partial charge in [-0.15, -0.1) is 0 Å². The van der Waals surface area contributed by atoms with Crippen molar-refractivity contribution in [3.8, 4) is 0 Å². The predicted octanol–water partition coefficient (Wildman–Crippen LogP) is 9.14. The summed E-state index contributed by atoms with van der Waals surface area (Å²) in [4.78, 5) is 23.7. The molecule has 0 unspecified atom stereocenters. The topological polar surface area (TPSA) is 98.7 Å². The molecule has 6 nitrogen and oxygen atoms in total. The van der Waals surface area contributed by atoms with Crippen LogP contribution in [0.3, 0.4) is 0 Å². The van der Waals surface area contributed by atoms with Crippen LogP contribution in [0, 0.1) is 0 Å². The van der Waals surface area contributed by atoms with Crippen molar-refractivity contribution in [3.05, 3.63) is 175 Å². The van der Waals surface area contributed by atoms with Gasteiger partial charge in [-0.1, -0.05) is 122 Å². The summed E-state index contributed by atoms with van der Waals surface area (Å²) < 4.78 is 0. The van der Waals surface area contributed by atoms with Gasteiger partial charge in [-0.2, -0.15) is 0 Å². The van der Waals surface area contributed by atoms with Gasteiger partial charge in [0.15, 0.2) is 0 Å². The van der Waals surface area contributed by atoms with Crippen molar-refractivity contribution in [2.24, 2.45) is 0 Å². The highest BCUT2D eigenvalue weighted by atomic mass is 16.4. The van der Waals surface area contributed by atoms with Crippen molar-refractivity contribution in [1.82, 2.24) is 0 Å². The second kappa shape index (κ2) is 15.7. The number of anilines is 4. The molecule has 0 atom stereocenters. The number of benzene rings is 5. The van der Waals surface area contributed by atoms with E-state index in [1.54, 1.807) is 60.7 Å². The fourth-order valence-corrected chi connectivity index (χ4v) is 4.37. The summed E-state index contributed by atoms with van der Waals surface area (Å²) in [5.74, 6) is -2.58. The molecule has 0 heterocycles. The van der Waals surface area contributed by atoms with Crippen molar-refractivity contribution in [1.29, 1.82) is 0 Å². The van der Waals surface area contributed by atoms with Crippen LogP contribution in [0.2, 0.25) is 0 Å². The van der Waals surface area contributed by atoms with Crippen molar-refractivity contribution in [3.63, 3.8) is 0 Å². The van der Waals surface area contributed by atoms with E-state index < -0.39 is 11.9 Å². The number of para-hydroxylation sites is 3. The minimum Gasteiger partial charge on any atom is -0.478 e. The molecule has 0 fully saturated rings. The fourth-order valence-electron chi connectivity index (χ4n) is 4.37. The third kappa shape index (κ3) is 8.68. The van der Waals surface area contributed by atoms with Crippen LogP contribution in [-0.2, 0) is 9.59 Å². The molecule has 44 heavy (non-hydrogen) atoms. The van der Waals surface area contributed by atoms with Gasteiger partial charge in [0.25, 0.3) is 0 Å². The molecule has 0 aromatic heterocycles. The Hall–Kier alpha value is -6.14. The van der Waals surface area contributed by atoms with E-state index in [9.17, 15) is 19.8 Å². The van der Waals surface area contributed by atoms with Gasteiger partial charge < -0.3 is 20.8 Å². The van der Waals surface area contributed by atoms with Gasteiger partial charge in [-0.05, 0) is 59.2 Å². The molecular formula is C38H32N2O4. The Morgan fingerprint density at radius 2 is 0.955 bits per heavy atom. The lowest BCUT2D eigenvalue weighted by Gasteiger charge is -2.11. The quantitative estimate of drug-likeness (QED) is 0.0747. The van der Waals surface area contributed by atoms with Crippen LogP contribution in [0.5, 0.6) is 0 Å². The van der Waals surface area contributed by atoms with E-state index in [2.05, 4.69) is 29.3 Å². The maximum atomic E-state index is 11.9. The van der Waals surface area contributed by atoms with Crippen LogP contribution in [0.4, 0.5) is 22.7 Å². The maximum Gasteiger partial charge on any atom is 0.337 e. The molecule has 5 rings (SSSR count). The summed E-state index contributed by atoms with van der Waals surface area (Å²) in [7, 11) is 0. The highest BCUT2D eigenvalue weighted by molar-refractivity contribution is 6.36. The molecule has 0 bridgehead atoms. The van der Waals surface area contributed by atoms with Gasteiger partial charge in [-0.25, -0.2) is 9.59 Å². The van der Waals surface area contributed by atoms with E-state index in [1.807, 2.05) is 84.9 Å². The highest BCUT2D eigenvalue weighted by Gasteiger charge is 2.23. The molecule has 0 saturated carbocycles. The van der Waals surface area contributed by atoms with Gasteiger partial charge >= 0.3 is 11.9 Å². The normalized spacial score (nSPS) is 11.0. The fraction of sp³-hybridized carbons (Fsp3) is 0. The number of hydrogen-bond acceptors (Lipinski definition) is 4. The summed E-state index contributed by atoms with van der Waals surface area (Å²) in [6, 6.07) is 42.8. The van der Waals surface area contributed by atoms with E-state index in [-0.39, 0.29) is 11.1 Å². The molecule has 4 N–H and O–H groups in total. The molecule has 0 aliphatic rings. The van der Waals surface area contributed by atoms with Gasteiger partial charge in [0.1, 0.15) is 0 Å². The first-order valence-corrected chi connectivity index (χ1v) is 13.8. The molecular weight excluding hydrogens is 548 g/mol. The molecule has 0 aliphatic carbocycles. The third-order valence-corrected chi connectivity index (χ3v) is 6.40. The summed E-state index contributed by atoms with van der Waals surface area (Å²) in [5, 5.41) is 25.9. The van der Waals surface area contributed by atoms with Crippen molar-refractivity contribution in [2.75, 3.05) is 10.6 Å². The van der Waals surface area contributed by atoms with Crippen molar-refractivity contribution < 1.29 is 19.8 Å². The van der Waals surface area contributed by atoms with Gasteiger partial charge in [0.2, 0.25) is 0 Å². The molecule has 0 radical (unpaired) electrons. The first-order chi connectivity index (χ1) is 21.5. The van der Waals surface area contributed by atoms with E-state index in [1.165, 1.54) is 0 Å². The molecule has 5 aromatic rings. The molecule has 6 heteroatoms. The number of carbonyl (C=O) groups is 2. The Morgan fingerprint density at radius 3 is 1.48 bits per heavy atom. The SMILES string of the molecule is C=C/C=C/c1ccccc1Nc1ccccc1.O=C(O)/C(=C(\C(=O)O)c1ccc(Nc2ccccc2)cc1)c1ccccc1. The molecule has 218 valence electrons. The van der Waals surface area contributed by atoms with Gasteiger partial charge in [0, 0.05) is 22.7 Å². The summed E-state index contributed by atoms with van der Waals surface area (Å²) in [5.41, 5.74) is 5.17. The standard InChI is InChI=1S/C22H17NO4.C16H15N/c24-21(25)19(15-7-3-1-4-8-15)20(22(26)27)16-11-13-18(14-12-16)23-17-9-5-2-6-10-17;1-2-3-9-14-10-7-8-13-16(14)17-15-11-5-4-6-12-15/h1-14,23H,(H,24,25)(H,26,27);2-13,17H,1H2/b20-19-;9-3+. The number of nitrogens with one attached hydrogen (secondary N) is 2. The smallest absolute Gasteiger partial charge is 0.337 e. The zero-order valence-electron chi connectivity index (χ0n) is 23.9. The number of carboxylic acids is 2. The summed E-state index contributed by atoms with van der Waals surface area (Å²) >= 11 is 0. The lowest BCUT2D eigenvalue weighted by molar-refractivity contribution is -0.132. The van der Waals surface area contributed by atoms with Crippen LogP contribution in [0.25, 0.3) is 17.2 Å². The maximum absolute atomic E-state index is 11.9. The van der Waals surface area contributed by atoms with Crippen molar-refractivity contribution >= 4 is 51.9 Å². The Balaban J connectivity index is 0.000000223. The second-order valence-electron chi connectivity index (χ2n) is 9.47. The minimum absolute atomic E-state index is 0.244. The molecule has 0 aliphatic heterocycles. The Morgan fingerprint density at radius 1 is 0.523 bits per heavy atom. The number of allylic oxidation sites excluding steroid dienone is 2.